The summed E-state index contributed by atoms with van der Waals surface area (Å²) in [5.74, 6) is 0.667. The molecular weight excluding hydrogens is 222 g/mol. The molecule has 18 heavy (non-hydrogen) atoms. The lowest BCUT2D eigenvalue weighted by Crippen LogP contribution is -2.55. The molecule has 1 aromatic rings. The number of nitrogens with zero attached hydrogens (tertiary/aromatic N) is 2. The Kier molecular flexibility index (Phi) is 2.25. The SMILES string of the molecule is Cc1ccccc1N1C(N)=NCC1(C)C1(C)CC1. The Balaban J connectivity index is 2.08. The second-order valence-electron chi connectivity index (χ2n) is 6.13. The molecule has 96 valence electrons. The number of anilines is 1. The third kappa shape index (κ3) is 1.39. The summed E-state index contributed by atoms with van der Waals surface area (Å²) in [5.41, 5.74) is 8.99. The number of aliphatic imine (C=N–C) groups is 1. The van der Waals surface area contributed by atoms with E-state index in [0.29, 0.717) is 11.4 Å². The molecule has 1 aromatic carbocycles. The maximum atomic E-state index is 6.16. The zero-order valence-corrected chi connectivity index (χ0v) is 11.4. The van der Waals surface area contributed by atoms with Gasteiger partial charge in [0.25, 0.3) is 0 Å². The van der Waals surface area contributed by atoms with Crippen LogP contribution < -0.4 is 10.6 Å². The normalized spacial score (nSPS) is 29.3. The Bertz CT molecular complexity index is 516. The summed E-state index contributed by atoms with van der Waals surface area (Å²) in [5, 5.41) is 0. The second kappa shape index (κ2) is 3.50. The van der Waals surface area contributed by atoms with Gasteiger partial charge in [0.15, 0.2) is 5.96 Å². The van der Waals surface area contributed by atoms with E-state index in [0.717, 1.165) is 6.54 Å². The number of benzene rings is 1. The minimum absolute atomic E-state index is 0.0309. The average Bonchev–Trinajstić information content (AvgIpc) is 3.02. The highest BCUT2D eigenvalue weighted by molar-refractivity contribution is 5.99. The van der Waals surface area contributed by atoms with E-state index in [-0.39, 0.29) is 5.54 Å². The number of guanidine groups is 1. The molecule has 0 amide bonds. The summed E-state index contributed by atoms with van der Waals surface area (Å²) in [6.07, 6.45) is 2.55. The van der Waals surface area contributed by atoms with Crippen molar-refractivity contribution in [2.75, 3.05) is 11.4 Å². The van der Waals surface area contributed by atoms with Crippen molar-refractivity contribution in [3.63, 3.8) is 0 Å². The van der Waals surface area contributed by atoms with E-state index in [1.807, 2.05) is 0 Å². The standard InChI is InChI=1S/C15H21N3/c1-11-6-4-5-7-12(11)18-13(16)17-10-15(18,3)14(2)8-9-14/h4-7H,8-10H2,1-3H3,(H2,16,17). The molecule has 1 heterocycles. The number of hydrogen-bond acceptors (Lipinski definition) is 3. The van der Waals surface area contributed by atoms with Gasteiger partial charge in [-0.2, -0.15) is 0 Å². The maximum Gasteiger partial charge on any atom is 0.196 e. The first-order valence-electron chi connectivity index (χ1n) is 6.64. The topological polar surface area (TPSA) is 41.6 Å². The highest BCUT2D eigenvalue weighted by Crippen LogP contribution is 2.58. The maximum absolute atomic E-state index is 6.16. The molecule has 1 saturated carbocycles. The molecule has 0 aromatic heterocycles. The first kappa shape index (κ1) is 11.6. The Hall–Kier alpha value is -1.51. The summed E-state index contributed by atoms with van der Waals surface area (Å²) in [4.78, 5) is 6.77. The first-order chi connectivity index (χ1) is 8.48. The van der Waals surface area contributed by atoms with Crippen molar-refractivity contribution >= 4 is 11.6 Å². The van der Waals surface area contributed by atoms with E-state index in [9.17, 15) is 0 Å². The van der Waals surface area contributed by atoms with Crippen LogP contribution in [0.25, 0.3) is 0 Å². The van der Waals surface area contributed by atoms with Crippen molar-refractivity contribution < 1.29 is 0 Å². The number of rotatable bonds is 2. The lowest BCUT2D eigenvalue weighted by atomic mass is 9.82. The molecule has 3 heteroatoms. The van der Waals surface area contributed by atoms with Crippen LogP contribution in [0.1, 0.15) is 32.3 Å². The molecule has 1 aliphatic heterocycles. The molecule has 1 fully saturated rings. The Morgan fingerprint density at radius 3 is 2.50 bits per heavy atom. The molecule has 0 spiro atoms. The van der Waals surface area contributed by atoms with Gasteiger partial charge in [-0.05, 0) is 43.7 Å². The highest BCUT2D eigenvalue weighted by Gasteiger charge is 2.58. The number of nitrogens with two attached hydrogens (primary N) is 1. The third-order valence-electron chi connectivity index (χ3n) is 4.93. The molecule has 1 unspecified atom stereocenters. The zero-order valence-electron chi connectivity index (χ0n) is 11.4. The molecule has 0 saturated heterocycles. The summed E-state index contributed by atoms with van der Waals surface area (Å²) in [7, 11) is 0. The second-order valence-corrected chi connectivity index (χ2v) is 6.13. The van der Waals surface area contributed by atoms with Gasteiger partial charge in [0.05, 0.1) is 12.1 Å². The van der Waals surface area contributed by atoms with E-state index in [4.69, 9.17) is 5.73 Å². The van der Waals surface area contributed by atoms with Gasteiger partial charge in [-0.25, -0.2) is 0 Å². The van der Waals surface area contributed by atoms with Gasteiger partial charge in [0, 0.05) is 5.69 Å². The van der Waals surface area contributed by atoms with Gasteiger partial charge >= 0.3 is 0 Å². The van der Waals surface area contributed by atoms with E-state index >= 15 is 0 Å². The highest BCUT2D eigenvalue weighted by atomic mass is 15.4. The van der Waals surface area contributed by atoms with Gasteiger partial charge in [-0.3, -0.25) is 4.99 Å². The average molecular weight is 243 g/mol. The molecule has 2 aliphatic rings. The predicted molar refractivity (Wildman–Crippen MR) is 75.9 cm³/mol. The molecular formula is C15H21N3. The largest absolute Gasteiger partial charge is 0.369 e. The minimum atomic E-state index is 0.0309. The molecule has 3 nitrogen and oxygen atoms in total. The van der Waals surface area contributed by atoms with Crippen molar-refractivity contribution in [3.8, 4) is 0 Å². The zero-order chi connectivity index (χ0) is 13.0. The molecule has 3 rings (SSSR count). The van der Waals surface area contributed by atoms with Crippen LogP contribution in [0.3, 0.4) is 0 Å². The first-order valence-corrected chi connectivity index (χ1v) is 6.64. The third-order valence-corrected chi connectivity index (χ3v) is 4.93. The van der Waals surface area contributed by atoms with Crippen molar-refractivity contribution in [2.24, 2.45) is 16.1 Å². The van der Waals surface area contributed by atoms with Crippen LogP contribution in [0.4, 0.5) is 5.69 Å². The fourth-order valence-corrected chi connectivity index (χ4v) is 3.02. The number of para-hydroxylation sites is 1. The fourth-order valence-electron chi connectivity index (χ4n) is 3.02. The molecule has 0 radical (unpaired) electrons. The van der Waals surface area contributed by atoms with Crippen LogP contribution in [0.5, 0.6) is 0 Å². The van der Waals surface area contributed by atoms with Crippen LogP contribution in [-0.2, 0) is 0 Å². The van der Waals surface area contributed by atoms with Gasteiger partial charge in [-0.15, -0.1) is 0 Å². The summed E-state index contributed by atoms with van der Waals surface area (Å²) in [6, 6.07) is 8.42. The predicted octanol–water partition coefficient (Wildman–Crippen LogP) is 2.69. The Labute approximate surface area is 109 Å². The minimum Gasteiger partial charge on any atom is -0.369 e. The van der Waals surface area contributed by atoms with Gasteiger partial charge < -0.3 is 10.6 Å². The Morgan fingerprint density at radius 1 is 1.22 bits per heavy atom. The van der Waals surface area contributed by atoms with Crippen molar-refractivity contribution in [1.29, 1.82) is 0 Å². The molecule has 0 bridgehead atoms. The van der Waals surface area contributed by atoms with E-state index in [1.165, 1.54) is 24.1 Å². The lowest BCUT2D eigenvalue weighted by molar-refractivity contribution is 0.317. The molecule has 1 atom stereocenters. The molecule has 2 N–H and O–H groups in total. The molecule has 1 aliphatic carbocycles. The van der Waals surface area contributed by atoms with Crippen LogP contribution in [-0.4, -0.2) is 18.0 Å². The van der Waals surface area contributed by atoms with E-state index in [1.54, 1.807) is 0 Å². The van der Waals surface area contributed by atoms with Crippen LogP contribution in [0.2, 0.25) is 0 Å². The van der Waals surface area contributed by atoms with Crippen molar-refractivity contribution in [2.45, 2.75) is 39.2 Å². The summed E-state index contributed by atoms with van der Waals surface area (Å²) < 4.78 is 0. The van der Waals surface area contributed by atoms with Gasteiger partial charge in [-0.1, -0.05) is 25.1 Å². The van der Waals surface area contributed by atoms with E-state index in [2.05, 4.69) is 54.9 Å². The Morgan fingerprint density at radius 2 is 1.89 bits per heavy atom. The van der Waals surface area contributed by atoms with Crippen LogP contribution >= 0.6 is 0 Å². The summed E-state index contributed by atoms with van der Waals surface area (Å²) in [6.45, 7) is 7.60. The van der Waals surface area contributed by atoms with Crippen LogP contribution in [0, 0.1) is 12.3 Å². The lowest BCUT2D eigenvalue weighted by Gasteiger charge is -2.42. The fraction of sp³-hybridized carbons (Fsp3) is 0.533. The monoisotopic (exact) mass is 243 g/mol. The smallest absolute Gasteiger partial charge is 0.196 e. The van der Waals surface area contributed by atoms with Crippen molar-refractivity contribution in [3.05, 3.63) is 29.8 Å². The van der Waals surface area contributed by atoms with E-state index < -0.39 is 0 Å². The van der Waals surface area contributed by atoms with Crippen molar-refractivity contribution in [1.82, 2.24) is 0 Å². The number of aryl methyl sites for hydroxylation is 1. The number of hydrogen-bond donors (Lipinski definition) is 1. The van der Waals surface area contributed by atoms with Gasteiger partial charge in [0.2, 0.25) is 0 Å². The summed E-state index contributed by atoms with van der Waals surface area (Å²) >= 11 is 0. The van der Waals surface area contributed by atoms with Crippen LogP contribution in [0.15, 0.2) is 29.3 Å². The van der Waals surface area contributed by atoms with Gasteiger partial charge in [0.1, 0.15) is 0 Å². The quantitative estimate of drug-likeness (QED) is 0.867.